The second kappa shape index (κ2) is 10.4. The number of nitrogens with zero attached hydrogens (tertiary/aromatic N) is 4. The van der Waals surface area contributed by atoms with E-state index in [1.807, 2.05) is 52.8 Å². The maximum atomic E-state index is 12.9. The number of rotatable bonds is 5. The highest BCUT2D eigenvalue weighted by Crippen LogP contribution is 2.37. The second-order valence-electron chi connectivity index (χ2n) is 8.69. The zero-order chi connectivity index (χ0) is 24.4. The molecule has 1 aromatic carbocycles. The van der Waals surface area contributed by atoms with Gasteiger partial charge in [0.05, 0.1) is 6.33 Å². The van der Waals surface area contributed by atoms with E-state index in [2.05, 4.69) is 30.1 Å². The fourth-order valence-corrected chi connectivity index (χ4v) is 5.62. The SMILES string of the molecule is Cc1ccc(-c2cc(=O)n(CC3CC3)c3ncc(Sc4ccc(Cl)cc4)cc23)s1.Cn1ccnc1. The van der Waals surface area contributed by atoms with Gasteiger partial charge in [0, 0.05) is 73.8 Å². The fourth-order valence-electron chi connectivity index (χ4n) is 3.77. The van der Waals surface area contributed by atoms with Gasteiger partial charge in [0.2, 0.25) is 0 Å². The zero-order valence-corrected chi connectivity index (χ0v) is 21.9. The lowest BCUT2D eigenvalue weighted by molar-refractivity contribution is 0.622. The molecule has 0 atom stereocenters. The molecule has 178 valence electrons. The molecule has 4 aromatic heterocycles. The molecule has 0 spiro atoms. The molecule has 1 saturated carbocycles. The number of imidazole rings is 1. The van der Waals surface area contributed by atoms with Gasteiger partial charge in [-0.3, -0.25) is 9.36 Å². The van der Waals surface area contributed by atoms with Crippen LogP contribution in [0, 0.1) is 12.8 Å². The van der Waals surface area contributed by atoms with Gasteiger partial charge in [-0.25, -0.2) is 9.97 Å². The summed E-state index contributed by atoms with van der Waals surface area (Å²) in [6, 6.07) is 15.9. The van der Waals surface area contributed by atoms with Gasteiger partial charge in [-0.1, -0.05) is 23.4 Å². The van der Waals surface area contributed by atoms with Crippen molar-refractivity contribution in [2.45, 2.75) is 36.1 Å². The summed E-state index contributed by atoms with van der Waals surface area (Å²) in [5, 5.41) is 1.76. The number of hydrogen-bond acceptors (Lipinski definition) is 5. The number of aromatic nitrogens is 4. The molecule has 5 nitrogen and oxygen atoms in total. The van der Waals surface area contributed by atoms with Crippen molar-refractivity contribution in [3.8, 4) is 10.4 Å². The molecule has 6 rings (SSSR count). The smallest absolute Gasteiger partial charge is 0.252 e. The van der Waals surface area contributed by atoms with Gasteiger partial charge in [-0.2, -0.15) is 0 Å². The van der Waals surface area contributed by atoms with Crippen LogP contribution in [0.4, 0.5) is 0 Å². The van der Waals surface area contributed by atoms with Crippen LogP contribution in [0.2, 0.25) is 5.02 Å². The molecule has 0 saturated heterocycles. The Morgan fingerprint density at radius 2 is 1.91 bits per heavy atom. The van der Waals surface area contributed by atoms with E-state index in [0.717, 1.165) is 42.8 Å². The highest BCUT2D eigenvalue weighted by atomic mass is 35.5. The van der Waals surface area contributed by atoms with E-state index >= 15 is 0 Å². The lowest BCUT2D eigenvalue weighted by Crippen LogP contribution is -2.21. The van der Waals surface area contributed by atoms with Crippen LogP contribution in [0.1, 0.15) is 17.7 Å². The summed E-state index contributed by atoms with van der Waals surface area (Å²) in [6.45, 7) is 2.85. The van der Waals surface area contributed by atoms with Crippen molar-refractivity contribution in [2.75, 3.05) is 0 Å². The van der Waals surface area contributed by atoms with Gasteiger partial charge in [0.1, 0.15) is 5.65 Å². The van der Waals surface area contributed by atoms with Crippen molar-refractivity contribution < 1.29 is 0 Å². The minimum atomic E-state index is 0.0380. The van der Waals surface area contributed by atoms with E-state index in [1.165, 1.54) is 17.7 Å². The summed E-state index contributed by atoms with van der Waals surface area (Å²) in [7, 11) is 1.94. The Balaban J connectivity index is 0.000000371. The summed E-state index contributed by atoms with van der Waals surface area (Å²) in [5.74, 6) is 0.607. The molecular formula is C27H25ClN4OS2. The van der Waals surface area contributed by atoms with Crippen LogP contribution in [0.25, 0.3) is 21.5 Å². The van der Waals surface area contributed by atoms with E-state index in [-0.39, 0.29) is 5.56 Å². The van der Waals surface area contributed by atoms with E-state index in [4.69, 9.17) is 16.6 Å². The van der Waals surface area contributed by atoms with Gasteiger partial charge in [-0.05, 0) is 68.1 Å². The Kier molecular flexibility index (Phi) is 7.09. The quantitative estimate of drug-likeness (QED) is 0.249. The molecule has 1 aliphatic carbocycles. The Labute approximate surface area is 217 Å². The van der Waals surface area contributed by atoms with Crippen LogP contribution in [0.15, 0.2) is 88.0 Å². The lowest BCUT2D eigenvalue weighted by atomic mass is 10.1. The van der Waals surface area contributed by atoms with Crippen LogP contribution in [0.5, 0.6) is 0 Å². The fraction of sp³-hybridized carbons (Fsp3) is 0.222. The third kappa shape index (κ3) is 5.86. The average molecular weight is 521 g/mol. The highest BCUT2D eigenvalue weighted by molar-refractivity contribution is 7.99. The summed E-state index contributed by atoms with van der Waals surface area (Å²) in [6.07, 6.45) is 9.66. The number of aryl methyl sites for hydroxylation is 2. The first kappa shape index (κ1) is 23.9. The van der Waals surface area contributed by atoms with E-state index in [9.17, 15) is 4.79 Å². The number of halogens is 1. The molecule has 4 heterocycles. The van der Waals surface area contributed by atoms with Crippen molar-refractivity contribution >= 4 is 45.7 Å². The Bertz CT molecular complexity index is 1500. The monoisotopic (exact) mass is 520 g/mol. The first-order valence-corrected chi connectivity index (χ1v) is 13.4. The zero-order valence-electron chi connectivity index (χ0n) is 19.5. The Morgan fingerprint density at radius 3 is 2.51 bits per heavy atom. The summed E-state index contributed by atoms with van der Waals surface area (Å²) in [5.41, 5.74) is 1.79. The number of fused-ring (bicyclic) bond motifs is 1. The van der Waals surface area contributed by atoms with Crippen LogP contribution < -0.4 is 5.56 Å². The largest absolute Gasteiger partial charge is 0.341 e. The molecule has 0 radical (unpaired) electrons. The third-order valence-corrected chi connectivity index (χ3v) is 8.00. The topological polar surface area (TPSA) is 52.7 Å². The molecular weight excluding hydrogens is 496 g/mol. The normalized spacial score (nSPS) is 13.0. The minimum absolute atomic E-state index is 0.0380. The summed E-state index contributed by atoms with van der Waals surface area (Å²) in [4.78, 5) is 25.9. The van der Waals surface area contributed by atoms with Crippen LogP contribution in [-0.4, -0.2) is 19.1 Å². The molecule has 5 aromatic rings. The Morgan fingerprint density at radius 1 is 1.11 bits per heavy atom. The molecule has 0 bridgehead atoms. The van der Waals surface area contributed by atoms with Gasteiger partial charge >= 0.3 is 0 Å². The molecule has 1 fully saturated rings. The average Bonchev–Trinajstić information content (AvgIpc) is 3.36. The minimum Gasteiger partial charge on any atom is -0.341 e. The standard InChI is InChI=1S/C23H19ClN2OS2.C4H6N2/c1-14-2-9-21(28-14)19-11-22(27)26(13-15-3-4-15)23-20(19)10-18(12-25-23)29-17-7-5-16(24)6-8-17;1-6-3-2-5-4-6/h2,5-12,15H,3-4,13H2,1H3;2-4H,1H3. The predicted octanol–water partition coefficient (Wildman–Crippen LogP) is 7.07. The van der Waals surface area contributed by atoms with Crippen molar-refractivity contribution in [3.63, 3.8) is 0 Å². The Hall–Kier alpha value is -2.87. The number of hydrogen-bond donors (Lipinski definition) is 0. The molecule has 0 unspecified atom stereocenters. The highest BCUT2D eigenvalue weighted by Gasteiger charge is 2.24. The summed E-state index contributed by atoms with van der Waals surface area (Å²) >= 11 is 9.37. The first-order valence-electron chi connectivity index (χ1n) is 11.4. The van der Waals surface area contributed by atoms with E-state index in [1.54, 1.807) is 41.7 Å². The summed E-state index contributed by atoms with van der Waals surface area (Å²) < 4.78 is 3.74. The van der Waals surface area contributed by atoms with E-state index < -0.39 is 0 Å². The molecule has 8 heteroatoms. The van der Waals surface area contributed by atoms with Crippen molar-refractivity contribution in [1.29, 1.82) is 0 Å². The first-order chi connectivity index (χ1) is 17.0. The van der Waals surface area contributed by atoms with Crippen LogP contribution in [0.3, 0.4) is 0 Å². The van der Waals surface area contributed by atoms with Crippen LogP contribution in [-0.2, 0) is 13.6 Å². The van der Waals surface area contributed by atoms with Gasteiger partial charge in [0.25, 0.3) is 5.56 Å². The van der Waals surface area contributed by atoms with Crippen molar-refractivity contribution in [1.82, 2.24) is 19.1 Å². The van der Waals surface area contributed by atoms with Gasteiger partial charge < -0.3 is 4.57 Å². The number of benzene rings is 1. The molecule has 1 aliphatic rings. The predicted molar refractivity (Wildman–Crippen MR) is 146 cm³/mol. The van der Waals surface area contributed by atoms with Crippen molar-refractivity contribution in [2.24, 2.45) is 13.0 Å². The maximum absolute atomic E-state index is 12.9. The third-order valence-electron chi connectivity index (χ3n) is 5.75. The second-order valence-corrected chi connectivity index (χ2v) is 11.6. The molecule has 0 N–H and O–H groups in total. The molecule has 0 amide bonds. The number of thiophene rings is 1. The van der Waals surface area contributed by atoms with Crippen LogP contribution >= 0.6 is 34.7 Å². The van der Waals surface area contributed by atoms with Gasteiger partial charge in [0.15, 0.2) is 0 Å². The molecule has 35 heavy (non-hydrogen) atoms. The van der Waals surface area contributed by atoms with Gasteiger partial charge in [-0.15, -0.1) is 11.3 Å². The molecule has 0 aliphatic heterocycles. The van der Waals surface area contributed by atoms with Crippen molar-refractivity contribution in [3.05, 3.63) is 93.7 Å². The number of pyridine rings is 2. The van der Waals surface area contributed by atoms with E-state index in [0.29, 0.717) is 5.92 Å². The lowest BCUT2D eigenvalue weighted by Gasteiger charge is -2.13. The maximum Gasteiger partial charge on any atom is 0.252 e.